The average Bonchev–Trinajstić information content (AvgIpc) is 3.37. The van der Waals surface area contributed by atoms with Crippen LogP contribution in [-0.4, -0.2) is 57.2 Å². The van der Waals surface area contributed by atoms with Gasteiger partial charge in [0.15, 0.2) is 15.6 Å². The third-order valence-electron chi connectivity index (χ3n) is 5.46. The van der Waals surface area contributed by atoms with Crippen LogP contribution in [0.1, 0.15) is 29.0 Å². The molecule has 8 nitrogen and oxygen atoms in total. The summed E-state index contributed by atoms with van der Waals surface area (Å²) >= 11 is 0. The number of rotatable bonds is 3. The third kappa shape index (κ3) is 4.00. The zero-order chi connectivity index (χ0) is 20.6. The minimum Gasteiger partial charge on any atom is -0.459 e. The molecule has 0 atom stereocenters. The normalized spacial score (nSPS) is 17.3. The molecule has 1 fully saturated rings. The van der Waals surface area contributed by atoms with Gasteiger partial charge in [-0.3, -0.25) is 9.69 Å². The Morgan fingerprint density at radius 2 is 1.90 bits per heavy atom. The largest absolute Gasteiger partial charge is 0.459 e. The molecule has 1 aromatic heterocycles. The first-order valence-electron chi connectivity index (χ1n) is 9.57. The molecule has 0 radical (unpaired) electrons. The molecule has 2 aromatic rings. The second kappa shape index (κ2) is 7.55. The van der Waals surface area contributed by atoms with Gasteiger partial charge in [-0.25, -0.2) is 13.2 Å². The van der Waals surface area contributed by atoms with Gasteiger partial charge in [-0.2, -0.15) is 0 Å². The first kappa shape index (κ1) is 19.5. The van der Waals surface area contributed by atoms with E-state index in [1.54, 1.807) is 40.1 Å². The van der Waals surface area contributed by atoms with E-state index in [-0.39, 0.29) is 22.9 Å². The van der Waals surface area contributed by atoms with Gasteiger partial charge in [0, 0.05) is 37.6 Å². The summed E-state index contributed by atoms with van der Waals surface area (Å²) in [6, 6.07) is 8.02. The number of likely N-dealkylation sites (tertiary alicyclic amines) is 1. The molecule has 4 rings (SSSR count). The van der Waals surface area contributed by atoms with Crippen LogP contribution in [0.3, 0.4) is 0 Å². The van der Waals surface area contributed by atoms with E-state index in [4.69, 9.17) is 4.42 Å². The second-order valence-corrected chi connectivity index (χ2v) is 9.47. The fraction of sp³-hybridized carbons (Fsp3) is 0.400. The average molecular weight is 417 g/mol. The van der Waals surface area contributed by atoms with Crippen molar-refractivity contribution in [3.05, 3.63) is 47.9 Å². The maximum atomic E-state index is 12.8. The Morgan fingerprint density at radius 3 is 2.55 bits per heavy atom. The molecule has 0 saturated carbocycles. The van der Waals surface area contributed by atoms with Crippen molar-refractivity contribution < 1.29 is 22.4 Å². The molecule has 0 spiro atoms. The van der Waals surface area contributed by atoms with Crippen molar-refractivity contribution in [2.24, 2.45) is 0 Å². The lowest BCUT2D eigenvalue weighted by Crippen LogP contribution is -2.50. The Labute approximate surface area is 169 Å². The molecule has 3 heterocycles. The number of benzene rings is 1. The van der Waals surface area contributed by atoms with Crippen molar-refractivity contribution in [2.45, 2.75) is 30.2 Å². The number of carbonyl (C=O) groups is 2. The quantitative estimate of drug-likeness (QED) is 0.824. The summed E-state index contributed by atoms with van der Waals surface area (Å²) in [5, 5.41) is 3.05. The molecule has 1 N–H and O–H groups in total. The summed E-state index contributed by atoms with van der Waals surface area (Å²) in [6.45, 7) is 1.63. The fourth-order valence-electron chi connectivity index (χ4n) is 3.86. The van der Waals surface area contributed by atoms with E-state index >= 15 is 0 Å². The predicted octanol–water partition coefficient (Wildman–Crippen LogP) is 2.06. The van der Waals surface area contributed by atoms with Gasteiger partial charge in [-0.1, -0.05) is 0 Å². The van der Waals surface area contributed by atoms with E-state index in [0.717, 1.165) is 11.3 Å². The van der Waals surface area contributed by atoms with Gasteiger partial charge < -0.3 is 14.6 Å². The number of urea groups is 1. The number of hydrogen-bond acceptors (Lipinski definition) is 5. The number of fused-ring (bicyclic) bond motifs is 1. The molecule has 0 aliphatic carbocycles. The smallest absolute Gasteiger partial charge is 0.322 e. The lowest BCUT2D eigenvalue weighted by Gasteiger charge is -2.32. The molecular weight excluding hydrogens is 394 g/mol. The van der Waals surface area contributed by atoms with E-state index in [2.05, 4.69) is 5.32 Å². The van der Waals surface area contributed by atoms with Crippen LogP contribution in [-0.2, 0) is 16.3 Å². The Kier molecular flexibility index (Phi) is 5.08. The third-order valence-corrected chi connectivity index (χ3v) is 6.57. The van der Waals surface area contributed by atoms with Crippen molar-refractivity contribution in [3.8, 4) is 0 Å². The van der Waals surface area contributed by atoms with Crippen LogP contribution in [0.2, 0.25) is 0 Å². The molecule has 1 aromatic carbocycles. The lowest BCUT2D eigenvalue weighted by molar-refractivity contribution is 0.0676. The topological polar surface area (TPSA) is 99.9 Å². The van der Waals surface area contributed by atoms with E-state index in [1.807, 2.05) is 0 Å². The van der Waals surface area contributed by atoms with Crippen LogP contribution in [0, 0.1) is 0 Å². The Bertz CT molecular complexity index is 1020. The summed E-state index contributed by atoms with van der Waals surface area (Å²) in [5.74, 6) is 0.199. The zero-order valence-corrected chi connectivity index (χ0v) is 16.9. The summed E-state index contributed by atoms with van der Waals surface area (Å²) < 4.78 is 28.6. The molecule has 154 valence electrons. The molecular formula is C20H23N3O5S. The maximum Gasteiger partial charge on any atom is 0.322 e. The van der Waals surface area contributed by atoms with E-state index in [1.165, 1.54) is 12.5 Å². The van der Waals surface area contributed by atoms with Crippen LogP contribution in [0.4, 0.5) is 10.5 Å². The van der Waals surface area contributed by atoms with Crippen LogP contribution in [0.15, 0.2) is 45.9 Å². The van der Waals surface area contributed by atoms with Crippen LogP contribution in [0.25, 0.3) is 0 Å². The van der Waals surface area contributed by atoms with Crippen molar-refractivity contribution in [2.75, 3.05) is 30.8 Å². The first-order valence-corrected chi connectivity index (χ1v) is 11.5. The SMILES string of the molecule is CS(=O)(=O)c1ccc2c(c1)CCN2C(=O)NC1CCN(C(=O)c2ccco2)CC1. The lowest BCUT2D eigenvalue weighted by atomic mass is 10.0. The minimum atomic E-state index is -3.27. The van der Waals surface area contributed by atoms with Crippen molar-refractivity contribution in [1.29, 1.82) is 0 Å². The molecule has 9 heteroatoms. The summed E-state index contributed by atoms with van der Waals surface area (Å²) in [6.07, 6.45) is 4.63. The second-order valence-electron chi connectivity index (χ2n) is 7.46. The Balaban J connectivity index is 1.35. The van der Waals surface area contributed by atoms with Gasteiger partial charge in [0.05, 0.1) is 11.2 Å². The van der Waals surface area contributed by atoms with Crippen molar-refractivity contribution in [1.82, 2.24) is 10.2 Å². The van der Waals surface area contributed by atoms with Crippen molar-refractivity contribution in [3.63, 3.8) is 0 Å². The first-order chi connectivity index (χ1) is 13.8. The Hall–Kier alpha value is -2.81. The minimum absolute atomic E-state index is 0.0116. The molecule has 3 amide bonds. The number of nitrogens with one attached hydrogen (secondary N) is 1. The number of hydrogen-bond donors (Lipinski definition) is 1. The highest BCUT2D eigenvalue weighted by molar-refractivity contribution is 7.90. The fourth-order valence-corrected chi connectivity index (χ4v) is 4.53. The number of carbonyl (C=O) groups excluding carboxylic acids is 2. The van der Waals surface area contributed by atoms with Crippen LogP contribution >= 0.6 is 0 Å². The van der Waals surface area contributed by atoms with E-state index in [0.29, 0.717) is 44.7 Å². The van der Waals surface area contributed by atoms with Gasteiger partial charge in [-0.05, 0) is 55.2 Å². The number of piperidine rings is 1. The molecule has 2 aliphatic heterocycles. The number of furan rings is 1. The highest BCUT2D eigenvalue weighted by atomic mass is 32.2. The number of anilines is 1. The summed E-state index contributed by atoms with van der Waals surface area (Å²) in [4.78, 5) is 28.7. The number of nitrogens with zero attached hydrogens (tertiary/aromatic N) is 2. The monoisotopic (exact) mass is 417 g/mol. The van der Waals surface area contributed by atoms with Gasteiger partial charge >= 0.3 is 6.03 Å². The predicted molar refractivity (Wildman–Crippen MR) is 107 cm³/mol. The number of amides is 3. The zero-order valence-electron chi connectivity index (χ0n) is 16.1. The number of sulfone groups is 1. The summed E-state index contributed by atoms with van der Waals surface area (Å²) in [5.41, 5.74) is 1.61. The molecule has 29 heavy (non-hydrogen) atoms. The van der Waals surface area contributed by atoms with Gasteiger partial charge in [-0.15, -0.1) is 0 Å². The van der Waals surface area contributed by atoms with Gasteiger partial charge in [0.1, 0.15) is 0 Å². The molecule has 0 bridgehead atoms. The maximum absolute atomic E-state index is 12.8. The Morgan fingerprint density at radius 1 is 1.14 bits per heavy atom. The van der Waals surface area contributed by atoms with Crippen LogP contribution < -0.4 is 10.2 Å². The van der Waals surface area contributed by atoms with Crippen LogP contribution in [0.5, 0.6) is 0 Å². The van der Waals surface area contributed by atoms with Crippen molar-refractivity contribution >= 4 is 27.5 Å². The molecule has 2 aliphatic rings. The highest BCUT2D eigenvalue weighted by Crippen LogP contribution is 2.30. The highest BCUT2D eigenvalue weighted by Gasteiger charge is 2.30. The summed E-state index contributed by atoms with van der Waals surface area (Å²) in [7, 11) is -3.27. The van der Waals surface area contributed by atoms with E-state index in [9.17, 15) is 18.0 Å². The molecule has 1 saturated heterocycles. The van der Waals surface area contributed by atoms with Gasteiger partial charge in [0.25, 0.3) is 5.91 Å². The van der Waals surface area contributed by atoms with Gasteiger partial charge in [0.2, 0.25) is 0 Å². The van der Waals surface area contributed by atoms with E-state index < -0.39 is 9.84 Å². The standard InChI is InChI=1S/C20H23N3O5S/c1-29(26,27)16-4-5-17-14(13-16)6-11-23(17)20(25)21-15-7-9-22(10-8-15)19(24)18-3-2-12-28-18/h2-5,12-13,15H,6-11H2,1H3,(H,21,25). The molecule has 0 unspecified atom stereocenters.